The highest BCUT2D eigenvalue weighted by molar-refractivity contribution is 7.60. The first-order valence-corrected chi connectivity index (χ1v) is 6.29. The molecule has 7 nitrogen and oxygen atoms in total. The molecule has 1 aromatic rings. The Balaban J connectivity index is 3.44. The number of esters is 2. The Hall–Kier alpha value is -1.69. The Labute approximate surface area is 102 Å². The van der Waals surface area contributed by atoms with Gasteiger partial charge in [-0.15, -0.1) is 0 Å². The maximum absolute atomic E-state index is 11.3. The van der Waals surface area contributed by atoms with Crippen LogP contribution in [0, 0.1) is 0 Å². The maximum atomic E-state index is 11.3. The third kappa shape index (κ3) is 2.95. The fourth-order valence-corrected chi connectivity index (χ4v) is 2.09. The summed E-state index contributed by atoms with van der Waals surface area (Å²) in [5, 5.41) is -0.572. The largest absolute Gasteiger partial charge is 0.465 e. The first kappa shape index (κ1) is 14.4. The van der Waals surface area contributed by atoms with E-state index in [0.717, 1.165) is 26.4 Å². The van der Waals surface area contributed by atoms with Gasteiger partial charge < -0.3 is 19.3 Å². The monoisotopic (exact) mass is 274 g/mol. The van der Waals surface area contributed by atoms with E-state index in [2.05, 4.69) is 9.47 Å². The third-order valence-corrected chi connectivity index (χ3v) is 3.14. The van der Waals surface area contributed by atoms with E-state index in [1.54, 1.807) is 0 Å². The number of methoxy groups -OCH3 is 2. The van der Waals surface area contributed by atoms with E-state index in [-0.39, 0.29) is 11.1 Å². The number of carbonyl (C=O) groups excluding carboxylic acids is 2. The van der Waals surface area contributed by atoms with Gasteiger partial charge in [0.05, 0.1) is 30.7 Å². The van der Waals surface area contributed by atoms with Crippen LogP contribution in [0.5, 0.6) is 0 Å². The normalized spacial score (nSPS) is 10.9. The molecule has 2 N–H and O–H groups in total. The molecule has 0 unspecified atom stereocenters. The molecule has 0 atom stereocenters. The molecule has 98 valence electrons. The van der Waals surface area contributed by atoms with Crippen LogP contribution in [0.1, 0.15) is 20.7 Å². The number of hydrogen-bond donors (Lipinski definition) is 2. The van der Waals surface area contributed by atoms with Crippen LogP contribution in [-0.2, 0) is 14.0 Å². The van der Waals surface area contributed by atoms with Gasteiger partial charge in [-0.05, 0) is 18.2 Å². The molecule has 1 rings (SSSR count). The van der Waals surface area contributed by atoms with Crippen molar-refractivity contribution in [1.82, 2.24) is 0 Å². The van der Waals surface area contributed by atoms with Gasteiger partial charge in [-0.2, -0.15) is 0 Å². The lowest BCUT2D eigenvalue weighted by Gasteiger charge is -2.10. The SMILES string of the molecule is COC(=O)c1ccc(C(=O)OC)c(P(=O)(O)O)c1. The molecule has 0 aliphatic carbocycles. The molecule has 0 fully saturated rings. The van der Waals surface area contributed by atoms with Gasteiger partial charge in [0, 0.05) is 0 Å². The van der Waals surface area contributed by atoms with Crippen LogP contribution in [0.4, 0.5) is 0 Å². The molecule has 0 saturated heterocycles. The molecular formula is C10H11O7P. The second kappa shape index (κ2) is 5.30. The standard InChI is InChI=1S/C10H11O7P/c1-16-9(11)6-3-4-7(10(12)17-2)8(5-6)18(13,14)15/h3-5H,1-2H3,(H2,13,14,15). The lowest BCUT2D eigenvalue weighted by molar-refractivity contribution is 0.0587. The van der Waals surface area contributed by atoms with Crippen LogP contribution in [0.3, 0.4) is 0 Å². The molecule has 0 bridgehead atoms. The van der Waals surface area contributed by atoms with Crippen molar-refractivity contribution in [3.63, 3.8) is 0 Å². The molecule has 0 heterocycles. The van der Waals surface area contributed by atoms with Gasteiger partial charge in [0.15, 0.2) is 0 Å². The summed E-state index contributed by atoms with van der Waals surface area (Å²) in [6.07, 6.45) is 0. The number of ether oxygens (including phenoxy) is 2. The van der Waals surface area contributed by atoms with Crippen LogP contribution >= 0.6 is 7.60 Å². The lowest BCUT2D eigenvalue weighted by Crippen LogP contribution is -2.19. The van der Waals surface area contributed by atoms with Gasteiger partial charge in [0.1, 0.15) is 0 Å². The second-order valence-electron chi connectivity index (χ2n) is 3.26. The molecule has 18 heavy (non-hydrogen) atoms. The van der Waals surface area contributed by atoms with E-state index in [1.807, 2.05) is 0 Å². The summed E-state index contributed by atoms with van der Waals surface area (Å²) in [7, 11) is -2.49. The topological polar surface area (TPSA) is 110 Å². The van der Waals surface area contributed by atoms with Crippen LogP contribution in [-0.4, -0.2) is 35.9 Å². The fraction of sp³-hybridized carbons (Fsp3) is 0.200. The number of benzene rings is 1. The zero-order valence-corrected chi connectivity index (χ0v) is 10.5. The molecule has 0 spiro atoms. The van der Waals surface area contributed by atoms with Crippen molar-refractivity contribution in [2.45, 2.75) is 0 Å². The van der Waals surface area contributed by atoms with Crippen LogP contribution in [0.15, 0.2) is 18.2 Å². The Morgan fingerprint density at radius 1 is 1.11 bits per heavy atom. The zero-order chi connectivity index (χ0) is 13.9. The Morgan fingerprint density at radius 2 is 1.67 bits per heavy atom. The lowest BCUT2D eigenvalue weighted by atomic mass is 10.1. The Bertz CT molecular complexity index is 531. The molecule has 0 aromatic heterocycles. The first-order chi connectivity index (χ1) is 8.31. The van der Waals surface area contributed by atoms with Crippen molar-refractivity contribution >= 4 is 24.8 Å². The summed E-state index contributed by atoms with van der Waals surface area (Å²) < 4.78 is 20.1. The summed E-state index contributed by atoms with van der Waals surface area (Å²) in [4.78, 5) is 40.9. The van der Waals surface area contributed by atoms with Gasteiger partial charge >= 0.3 is 19.5 Å². The van der Waals surface area contributed by atoms with Crippen molar-refractivity contribution in [1.29, 1.82) is 0 Å². The van der Waals surface area contributed by atoms with E-state index in [4.69, 9.17) is 9.79 Å². The van der Waals surface area contributed by atoms with E-state index in [0.29, 0.717) is 0 Å². The molecule has 8 heteroatoms. The highest BCUT2D eigenvalue weighted by atomic mass is 31.2. The highest BCUT2D eigenvalue weighted by Crippen LogP contribution is 2.35. The van der Waals surface area contributed by atoms with Crippen molar-refractivity contribution < 1.29 is 33.4 Å². The maximum Gasteiger partial charge on any atom is 0.357 e. The summed E-state index contributed by atoms with van der Waals surface area (Å²) in [6, 6.07) is 3.24. The second-order valence-corrected chi connectivity index (χ2v) is 4.83. The van der Waals surface area contributed by atoms with E-state index in [1.165, 1.54) is 6.07 Å². The smallest absolute Gasteiger partial charge is 0.357 e. The molecule has 0 aliphatic rings. The predicted octanol–water partition coefficient (Wildman–Crippen LogP) is 0.0628. The number of rotatable bonds is 3. The zero-order valence-electron chi connectivity index (χ0n) is 9.61. The minimum atomic E-state index is -4.71. The molecule has 0 amide bonds. The van der Waals surface area contributed by atoms with Crippen molar-refractivity contribution in [3.05, 3.63) is 29.3 Å². The molecule has 0 saturated carbocycles. The predicted molar refractivity (Wildman–Crippen MR) is 60.8 cm³/mol. The van der Waals surface area contributed by atoms with Gasteiger partial charge in [-0.25, -0.2) is 9.59 Å². The quantitative estimate of drug-likeness (QED) is 0.592. The molecule has 0 aliphatic heterocycles. The Kier molecular flexibility index (Phi) is 4.24. The van der Waals surface area contributed by atoms with Gasteiger partial charge in [-0.3, -0.25) is 4.57 Å². The van der Waals surface area contributed by atoms with E-state index < -0.39 is 24.8 Å². The minimum absolute atomic E-state index is 0.0662. The average molecular weight is 274 g/mol. The first-order valence-electron chi connectivity index (χ1n) is 4.68. The molecule has 0 radical (unpaired) electrons. The number of hydrogen-bond acceptors (Lipinski definition) is 5. The van der Waals surface area contributed by atoms with Crippen LogP contribution in [0.2, 0.25) is 0 Å². The number of carbonyl (C=O) groups is 2. The van der Waals surface area contributed by atoms with Crippen molar-refractivity contribution in [3.8, 4) is 0 Å². The van der Waals surface area contributed by atoms with E-state index >= 15 is 0 Å². The van der Waals surface area contributed by atoms with Crippen LogP contribution in [0.25, 0.3) is 0 Å². The summed E-state index contributed by atoms with van der Waals surface area (Å²) in [5.74, 6) is -1.66. The minimum Gasteiger partial charge on any atom is -0.465 e. The molecule has 1 aromatic carbocycles. The summed E-state index contributed by atoms with van der Waals surface area (Å²) >= 11 is 0. The van der Waals surface area contributed by atoms with Gasteiger partial charge in [0.2, 0.25) is 0 Å². The Morgan fingerprint density at radius 3 is 2.11 bits per heavy atom. The average Bonchev–Trinajstić information content (AvgIpc) is 2.35. The third-order valence-electron chi connectivity index (χ3n) is 2.14. The van der Waals surface area contributed by atoms with Crippen molar-refractivity contribution in [2.24, 2.45) is 0 Å². The summed E-state index contributed by atoms with van der Waals surface area (Å²) in [6.45, 7) is 0. The van der Waals surface area contributed by atoms with Gasteiger partial charge in [0.25, 0.3) is 0 Å². The van der Waals surface area contributed by atoms with Crippen molar-refractivity contribution in [2.75, 3.05) is 14.2 Å². The highest BCUT2D eigenvalue weighted by Gasteiger charge is 2.27. The van der Waals surface area contributed by atoms with Crippen LogP contribution < -0.4 is 5.30 Å². The van der Waals surface area contributed by atoms with E-state index in [9.17, 15) is 14.2 Å². The van der Waals surface area contributed by atoms with Gasteiger partial charge in [-0.1, -0.05) is 0 Å². The summed E-state index contributed by atoms with van der Waals surface area (Å²) in [5.41, 5.74) is -0.359. The fourth-order valence-electron chi connectivity index (χ4n) is 1.30. The molecular weight excluding hydrogens is 263 g/mol.